The number of fused-ring (bicyclic) bond motifs is 1. The van der Waals surface area contributed by atoms with E-state index in [1.807, 2.05) is 39.5 Å². The Balaban J connectivity index is 1.36. The molecule has 1 aromatic rings. The zero-order valence-electron chi connectivity index (χ0n) is 20.9. The summed E-state index contributed by atoms with van der Waals surface area (Å²) in [5.41, 5.74) is -1.97. The van der Waals surface area contributed by atoms with Gasteiger partial charge in [-0.3, -0.25) is 9.59 Å². The van der Waals surface area contributed by atoms with Crippen molar-refractivity contribution in [3.63, 3.8) is 0 Å². The second kappa shape index (κ2) is 8.96. The van der Waals surface area contributed by atoms with Gasteiger partial charge in [0.25, 0.3) is 0 Å². The molecular weight excluding hydrogens is 440 g/mol. The monoisotopic (exact) mass is 476 g/mol. The first-order valence-corrected chi connectivity index (χ1v) is 11.9. The Labute approximate surface area is 200 Å². The number of aromatic nitrogens is 2. The van der Waals surface area contributed by atoms with E-state index in [1.54, 1.807) is 12.3 Å². The smallest absolute Gasteiger partial charge is 0.303 e. The van der Waals surface area contributed by atoms with Crippen LogP contribution in [0.4, 0.5) is 5.95 Å². The number of ether oxygens (including phenoxy) is 4. The van der Waals surface area contributed by atoms with Crippen molar-refractivity contribution < 1.29 is 28.5 Å². The highest BCUT2D eigenvalue weighted by Crippen LogP contribution is 2.48. The summed E-state index contributed by atoms with van der Waals surface area (Å²) in [6.07, 6.45) is 2.38. The summed E-state index contributed by atoms with van der Waals surface area (Å²) in [5, 5.41) is 3.38. The molecule has 10 heteroatoms. The first-order chi connectivity index (χ1) is 15.9. The van der Waals surface area contributed by atoms with Gasteiger partial charge in [0.1, 0.15) is 11.2 Å². The summed E-state index contributed by atoms with van der Waals surface area (Å²) in [5.74, 6) is 0.709. The largest absolute Gasteiger partial charge is 0.469 e. The van der Waals surface area contributed by atoms with Gasteiger partial charge in [-0.2, -0.15) is 4.98 Å². The molecule has 3 aliphatic rings. The van der Waals surface area contributed by atoms with Crippen molar-refractivity contribution in [2.75, 3.05) is 31.6 Å². The summed E-state index contributed by atoms with van der Waals surface area (Å²) in [4.78, 5) is 34.8. The molecular formula is C24H36N4O6. The van der Waals surface area contributed by atoms with Crippen LogP contribution in [0.2, 0.25) is 0 Å². The number of amides is 1. The van der Waals surface area contributed by atoms with Crippen LogP contribution >= 0.6 is 0 Å². The van der Waals surface area contributed by atoms with Gasteiger partial charge in [-0.05, 0) is 26.7 Å². The van der Waals surface area contributed by atoms with E-state index in [0.29, 0.717) is 24.9 Å². The highest BCUT2D eigenvalue weighted by molar-refractivity contribution is 5.81. The number of hydrogen-bond donors (Lipinski definition) is 1. The molecule has 3 aliphatic heterocycles. The first kappa shape index (κ1) is 24.7. The lowest BCUT2D eigenvalue weighted by molar-refractivity contribution is -0.160. The second-order valence-corrected chi connectivity index (χ2v) is 10.7. The average Bonchev–Trinajstić information content (AvgIpc) is 3.16. The topological polar surface area (TPSA) is 112 Å². The number of likely N-dealkylation sites (tertiary alicyclic amines) is 1. The van der Waals surface area contributed by atoms with Gasteiger partial charge in [0, 0.05) is 43.7 Å². The normalized spacial score (nSPS) is 31.8. The number of piperidine rings is 1. The van der Waals surface area contributed by atoms with Crippen molar-refractivity contribution in [1.29, 1.82) is 0 Å². The number of carbonyl (C=O) groups is 2. The Morgan fingerprint density at radius 1 is 1.12 bits per heavy atom. The molecule has 0 unspecified atom stereocenters. The van der Waals surface area contributed by atoms with Crippen molar-refractivity contribution in [3.05, 3.63) is 12.3 Å². The minimum absolute atomic E-state index is 0.178. The molecule has 0 bridgehead atoms. The number of anilines is 1. The summed E-state index contributed by atoms with van der Waals surface area (Å²) < 4.78 is 23.7. The minimum Gasteiger partial charge on any atom is -0.469 e. The predicted molar refractivity (Wildman–Crippen MR) is 123 cm³/mol. The van der Waals surface area contributed by atoms with Crippen molar-refractivity contribution in [3.8, 4) is 5.88 Å². The zero-order chi connectivity index (χ0) is 24.7. The van der Waals surface area contributed by atoms with Crippen molar-refractivity contribution in [1.82, 2.24) is 14.9 Å². The number of rotatable bonds is 5. The van der Waals surface area contributed by atoms with Crippen LogP contribution in [0.5, 0.6) is 5.88 Å². The highest BCUT2D eigenvalue weighted by Gasteiger charge is 2.68. The lowest BCUT2D eigenvalue weighted by atomic mass is 9.82. The SMILES string of the molecule is CC(=O)O[C@H]1CO[C@]2(C)[C@@H](Oc3ccnc(NC4CCN(C(=O)C(C)(C)C)CC4)n3)CO[C@]12C. The van der Waals surface area contributed by atoms with Crippen LogP contribution in [0.25, 0.3) is 0 Å². The third-order valence-electron chi connectivity index (χ3n) is 7.24. The molecule has 1 N–H and O–H groups in total. The number of nitrogens with one attached hydrogen (secondary N) is 1. The molecule has 10 nitrogen and oxygen atoms in total. The first-order valence-electron chi connectivity index (χ1n) is 11.9. The lowest BCUT2D eigenvalue weighted by Crippen LogP contribution is -2.55. The lowest BCUT2D eigenvalue weighted by Gasteiger charge is -2.36. The van der Waals surface area contributed by atoms with Crippen molar-refractivity contribution >= 4 is 17.8 Å². The molecule has 188 valence electrons. The van der Waals surface area contributed by atoms with Gasteiger partial charge in [0.05, 0.1) is 13.2 Å². The van der Waals surface area contributed by atoms with Gasteiger partial charge in [0.15, 0.2) is 12.2 Å². The number of nitrogens with zero attached hydrogens (tertiary/aromatic N) is 3. The van der Waals surface area contributed by atoms with Crippen molar-refractivity contribution in [2.24, 2.45) is 5.41 Å². The Morgan fingerprint density at radius 3 is 2.35 bits per heavy atom. The number of carbonyl (C=O) groups excluding carboxylic acids is 2. The van der Waals surface area contributed by atoms with E-state index in [9.17, 15) is 9.59 Å². The Kier molecular flexibility index (Phi) is 6.50. The van der Waals surface area contributed by atoms with E-state index in [1.165, 1.54) is 6.92 Å². The maximum Gasteiger partial charge on any atom is 0.303 e. The number of esters is 1. The maximum absolute atomic E-state index is 12.5. The molecule has 34 heavy (non-hydrogen) atoms. The molecule has 1 aromatic heterocycles. The van der Waals surface area contributed by atoms with Crippen LogP contribution in [-0.4, -0.2) is 82.5 Å². The van der Waals surface area contributed by atoms with Gasteiger partial charge >= 0.3 is 5.97 Å². The standard InChI is InChI=1S/C24H36N4O6/c1-15(29)33-17-13-31-24(6)18(14-32-23(17,24)5)34-19-7-10-25-21(27-19)26-16-8-11-28(12-9-16)20(30)22(2,3)4/h7,10,16-18H,8-9,11-14H2,1-6H3,(H,25,26,27)/t17-,18-,23+,24+/m0/s1. The van der Waals surface area contributed by atoms with Gasteiger partial charge in [0.2, 0.25) is 17.7 Å². The van der Waals surface area contributed by atoms with E-state index < -0.39 is 23.4 Å². The maximum atomic E-state index is 12.5. The molecule has 3 saturated heterocycles. The molecule has 0 aliphatic carbocycles. The van der Waals surface area contributed by atoms with Gasteiger partial charge < -0.3 is 29.2 Å². The van der Waals surface area contributed by atoms with E-state index >= 15 is 0 Å². The third-order valence-corrected chi connectivity index (χ3v) is 7.24. The van der Waals surface area contributed by atoms with Gasteiger partial charge in [-0.1, -0.05) is 20.8 Å². The molecule has 3 fully saturated rings. The molecule has 1 amide bonds. The fourth-order valence-electron chi connectivity index (χ4n) is 4.93. The quantitative estimate of drug-likeness (QED) is 0.639. The molecule has 0 saturated carbocycles. The highest BCUT2D eigenvalue weighted by atomic mass is 16.7. The van der Waals surface area contributed by atoms with Crippen LogP contribution in [0.15, 0.2) is 12.3 Å². The summed E-state index contributed by atoms with van der Waals surface area (Å²) in [6, 6.07) is 1.88. The van der Waals surface area contributed by atoms with Crippen LogP contribution in [-0.2, 0) is 23.8 Å². The molecule has 0 spiro atoms. The van der Waals surface area contributed by atoms with Crippen LogP contribution in [0.3, 0.4) is 0 Å². The van der Waals surface area contributed by atoms with Gasteiger partial charge in [-0.25, -0.2) is 4.98 Å². The van der Waals surface area contributed by atoms with Crippen LogP contribution in [0, 0.1) is 5.41 Å². The van der Waals surface area contributed by atoms with E-state index in [0.717, 1.165) is 12.8 Å². The second-order valence-electron chi connectivity index (χ2n) is 10.7. The Hall–Kier alpha value is -2.46. The van der Waals surface area contributed by atoms with Crippen LogP contribution in [0.1, 0.15) is 54.4 Å². The average molecular weight is 477 g/mol. The third kappa shape index (κ3) is 4.57. The van der Waals surface area contributed by atoms with E-state index in [-0.39, 0.29) is 36.5 Å². The minimum atomic E-state index is -0.810. The molecule has 4 heterocycles. The molecule has 4 atom stereocenters. The summed E-state index contributed by atoms with van der Waals surface area (Å²) in [6.45, 7) is 13.0. The predicted octanol–water partition coefficient (Wildman–Crippen LogP) is 2.18. The molecule has 0 radical (unpaired) electrons. The van der Waals surface area contributed by atoms with Crippen LogP contribution < -0.4 is 10.1 Å². The fraction of sp³-hybridized carbons (Fsp3) is 0.750. The van der Waals surface area contributed by atoms with E-state index in [4.69, 9.17) is 18.9 Å². The Bertz CT molecular complexity index is 928. The fourth-order valence-corrected chi connectivity index (χ4v) is 4.93. The summed E-state index contributed by atoms with van der Waals surface area (Å²) >= 11 is 0. The summed E-state index contributed by atoms with van der Waals surface area (Å²) in [7, 11) is 0. The Morgan fingerprint density at radius 2 is 1.74 bits per heavy atom. The zero-order valence-corrected chi connectivity index (χ0v) is 20.9. The number of hydrogen-bond acceptors (Lipinski definition) is 9. The molecule has 0 aromatic carbocycles. The van der Waals surface area contributed by atoms with Gasteiger partial charge in [-0.15, -0.1) is 0 Å². The van der Waals surface area contributed by atoms with Crippen molar-refractivity contribution in [2.45, 2.75) is 83.8 Å². The molecule has 4 rings (SSSR count). The van der Waals surface area contributed by atoms with E-state index in [2.05, 4.69) is 15.3 Å².